The van der Waals surface area contributed by atoms with Crippen LogP contribution < -0.4 is 18.9 Å². The number of hydrogen-bond acceptors (Lipinski definition) is 12. The van der Waals surface area contributed by atoms with Crippen molar-refractivity contribution in [3.63, 3.8) is 0 Å². The van der Waals surface area contributed by atoms with E-state index in [-0.39, 0.29) is 36.9 Å². The molecule has 0 unspecified atom stereocenters. The van der Waals surface area contributed by atoms with Crippen LogP contribution in [0.2, 0.25) is 0 Å². The topological polar surface area (TPSA) is 150 Å². The first-order valence-electron chi connectivity index (χ1n) is 22.3. The molecule has 0 saturated carbocycles. The van der Waals surface area contributed by atoms with Crippen molar-refractivity contribution in [3.8, 4) is 34.1 Å². The molecule has 0 aromatic heterocycles. The van der Waals surface area contributed by atoms with Crippen molar-refractivity contribution in [1.29, 1.82) is 0 Å². The van der Waals surface area contributed by atoms with Crippen molar-refractivity contribution in [2.24, 2.45) is 5.41 Å². The standard InChI is InChI=1S/C55H62O12/c1-10-42-34-46(61-30-13-11-12-14-31-63-51(57)37(2)3)24-26-48(42)54(60)66-47-25-27-49(40(8)33-47)67-50(56)28-17-41-15-18-43(19-16-41)44-20-22-45(23-21-44)62-32-29-55(9,35-64-52(58)38(4)5)36-65-53(59)39(6)7/h15-28,33-34H,2,4,6,10-14,29-32,35-36H2,1,3,5,7-9H3/b28-17+. The van der Waals surface area contributed by atoms with Gasteiger partial charge in [-0.15, -0.1) is 0 Å². The quantitative estimate of drug-likeness (QED) is 0.0194. The Morgan fingerprint density at radius 2 is 1.13 bits per heavy atom. The van der Waals surface area contributed by atoms with E-state index in [1.54, 1.807) is 64.1 Å². The lowest BCUT2D eigenvalue weighted by molar-refractivity contribution is -0.149. The Morgan fingerprint density at radius 1 is 0.597 bits per heavy atom. The van der Waals surface area contributed by atoms with E-state index in [1.807, 2.05) is 68.4 Å². The van der Waals surface area contributed by atoms with E-state index in [0.29, 0.717) is 65.8 Å². The lowest BCUT2D eigenvalue weighted by atomic mass is 9.89. The lowest BCUT2D eigenvalue weighted by Crippen LogP contribution is -2.33. The molecule has 0 saturated heterocycles. The molecule has 0 spiro atoms. The Morgan fingerprint density at radius 3 is 1.72 bits per heavy atom. The maximum absolute atomic E-state index is 13.2. The Kier molecular flexibility index (Phi) is 20.4. The molecule has 0 aliphatic rings. The maximum Gasteiger partial charge on any atom is 0.343 e. The number of ether oxygens (including phenoxy) is 7. The van der Waals surface area contributed by atoms with Crippen molar-refractivity contribution in [2.45, 2.75) is 80.1 Å². The van der Waals surface area contributed by atoms with Crippen LogP contribution in [-0.2, 0) is 39.8 Å². The Balaban J connectivity index is 1.23. The highest BCUT2D eigenvalue weighted by atomic mass is 16.6. The van der Waals surface area contributed by atoms with Gasteiger partial charge in [0.2, 0.25) is 0 Å². The molecule has 4 aromatic rings. The summed E-state index contributed by atoms with van der Waals surface area (Å²) in [6.45, 7) is 22.4. The maximum atomic E-state index is 13.2. The zero-order valence-corrected chi connectivity index (χ0v) is 39.5. The molecule has 12 heteroatoms. The molecule has 4 aromatic carbocycles. The van der Waals surface area contributed by atoms with E-state index in [9.17, 15) is 24.0 Å². The van der Waals surface area contributed by atoms with E-state index < -0.39 is 29.3 Å². The van der Waals surface area contributed by atoms with Gasteiger partial charge in [-0.1, -0.05) is 70.0 Å². The third kappa shape index (κ3) is 17.6. The normalized spacial score (nSPS) is 11.0. The highest BCUT2D eigenvalue weighted by molar-refractivity contribution is 5.93. The number of hydrogen-bond donors (Lipinski definition) is 0. The number of aryl methyl sites for hydroxylation is 2. The van der Waals surface area contributed by atoms with Gasteiger partial charge in [-0.3, -0.25) is 0 Å². The molecule has 0 N–H and O–H groups in total. The zero-order chi connectivity index (χ0) is 48.9. The third-order valence-corrected chi connectivity index (χ3v) is 10.4. The van der Waals surface area contributed by atoms with E-state index in [2.05, 4.69) is 19.7 Å². The van der Waals surface area contributed by atoms with Gasteiger partial charge in [0.1, 0.15) is 36.2 Å². The highest BCUT2D eigenvalue weighted by Crippen LogP contribution is 2.28. The molecule has 0 radical (unpaired) electrons. The summed E-state index contributed by atoms with van der Waals surface area (Å²) in [4.78, 5) is 61.6. The third-order valence-electron chi connectivity index (χ3n) is 10.4. The fourth-order valence-corrected chi connectivity index (χ4v) is 6.31. The smallest absolute Gasteiger partial charge is 0.343 e. The molecule has 0 aliphatic carbocycles. The number of carbonyl (C=O) groups excluding carboxylic acids is 5. The number of esters is 5. The molecule has 0 atom stereocenters. The van der Waals surface area contributed by atoms with Crippen molar-refractivity contribution < 1.29 is 57.1 Å². The van der Waals surface area contributed by atoms with Crippen LogP contribution in [0.3, 0.4) is 0 Å². The Bertz CT molecular complexity index is 2390. The molecular formula is C55H62O12. The second-order valence-corrected chi connectivity index (χ2v) is 16.7. The minimum absolute atomic E-state index is 0.0183. The van der Waals surface area contributed by atoms with E-state index in [4.69, 9.17) is 33.2 Å². The minimum Gasteiger partial charge on any atom is -0.494 e. The van der Waals surface area contributed by atoms with Gasteiger partial charge in [0.05, 0.1) is 25.4 Å². The van der Waals surface area contributed by atoms with Crippen molar-refractivity contribution in [3.05, 3.63) is 150 Å². The van der Waals surface area contributed by atoms with E-state index in [1.165, 1.54) is 6.08 Å². The first-order chi connectivity index (χ1) is 32.0. The van der Waals surface area contributed by atoms with Crippen LogP contribution in [0.4, 0.5) is 0 Å². The van der Waals surface area contributed by atoms with Crippen LogP contribution in [0.1, 0.15) is 93.8 Å². The monoisotopic (exact) mass is 914 g/mol. The van der Waals surface area contributed by atoms with Crippen molar-refractivity contribution in [2.75, 3.05) is 33.0 Å². The summed E-state index contributed by atoms with van der Waals surface area (Å²) >= 11 is 0. The molecule has 354 valence electrons. The second kappa shape index (κ2) is 26.1. The summed E-state index contributed by atoms with van der Waals surface area (Å²) in [5, 5.41) is 0. The summed E-state index contributed by atoms with van der Waals surface area (Å²) in [5.41, 5.74) is 4.81. The molecule has 0 bridgehead atoms. The molecule has 0 aliphatic heterocycles. The predicted octanol–water partition coefficient (Wildman–Crippen LogP) is 11.1. The first kappa shape index (κ1) is 52.4. The number of carbonyl (C=O) groups is 5. The molecule has 0 fully saturated rings. The van der Waals surface area contributed by atoms with Gasteiger partial charge in [-0.2, -0.15) is 0 Å². The first-order valence-corrected chi connectivity index (χ1v) is 22.3. The second-order valence-electron chi connectivity index (χ2n) is 16.7. The molecular weight excluding hydrogens is 853 g/mol. The molecule has 12 nitrogen and oxygen atoms in total. The Hall–Kier alpha value is -7.21. The number of rotatable bonds is 26. The fourth-order valence-electron chi connectivity index (χ4n) is 6.31. The van der Waals surface area contributed by atoms with Crippen LogP contribution >= 0.6 is 0 Å². The average molecular weight is 915 g/mol. The van der Waals surface area contributed by atoms with Gasteiger partial charge in [-0.25, -0.2) is 24.0 Å². The average Bonchev–Trinajstić information content (AvgIpc) is 3.31. The highest BCUT2D eigenvalue weighted by Gasteiger charge is 2.29. The van der Waals surface area contributed by atoms with Crippen LogP contribution in [0.25, 0.3) is 17.2 Å². The zero-order valence-electron chi connectivity index (χ0n) is 39.5. The summed E-state index contributed by atoms with van der Waals surface area (Å²) < 4.78 is 39.1. The summed E-state index contributed by atoms with van der Waals surface area (Å²) in [5.74, 6) is -0.509. The van der Waals surface area contributed by atoms with Gasteiger partial charge in [-0.05, 0) is 149 Å². The molecule has 0 amide bonds. The summed E-state index contributed by atoms with van der Waals surface area (Å²) in [7, 11) is 0. The van der Waals surface area contributed by atoms with Crippen LogP contribution in [0, 0.1) is 12.3 Å². The van der Waals surface area contributed by atoms with Crippen LogP contribution in [0.15, 0.2) is 127 Å². The molecule has 0 heterocycles. The number of benzene rings is 4. The SMILES string of the molecule is C=C(C)C(=O)OCCCCCCOc1ccc(C(=O)Oc2ccc(OC(=O)/C=C/c3ccc(-c4ccc(OCCC(C)(COC(=O)C(=C)C)COC(=O)C(=C)C)cc4)cc3)c(C)c2)c(CC)c1. The largest absolute Gasteiger partial charge is 0.494 e. The van der Waals surface area contributed by atoms with Gasteiger partial charge in [0, 0.05) is 28.2 Å². The lowest BCUT2D eigenvalue weighted by Gasteiger charge is -2.28. The molecule has 4 rings (SSSR count). The van der Waals surface area contributed by atoms with Gasteiger partial charge in [0.15, 0.2) is 0 Å². The van der Waals surface area contributed by atoms with Crippen molar-refractivity contribution in [1.82, 2.24) is 0 Å². The predicted molar refractivity (Wildman–Crippen MR) is 258 cm³/mol. The van der Waals surface area contributed by atoms with E-state index >= 15 is 0 Å². The van der Waals surface area contributed by atoms with Gasteiger partial charge < -0.3 is 33.2 Å². The Labute approximate surface area is 394 Å². The summed E-state index contributed by atoms with van der Waals surface area (Å²) in [6, 6.07) is 25.4. The van der Waals surface area contributed by atoms with Crippen LogP contribution in [0.5, 0.6) is 23.0 Å². The van der Waals surface area contributed by atoms with Gasteiger partial charge in [0.25, 0.3) is 0 Å². The van der Waals surface area contributed by atoms with Crippen molar-refractivity contribution >= 4 is 35.9 Å². The fraction of sp³-hybridized carbons (Fsp3) is 0.327. The molecule has 67 heavy (non-hydrogen) atoms. The van der Waals surface area contributed by atoms with Gasteiger partial charge >= 0.3 is 29.8 Å². The number of unbranched alkanes of at least 4 members (excludes halogenated alkanes) is 3. The van der Waals surface area contributed by atoms with Crippen LogP contribution in [-0.4, -0.2) is 62.9 Å². The van der Waals surface area contributed by atoms with E-state index in [0.717, 1.165) is 47.9 Å². The summed E-state index contributed by atoms with van der Waals surface area (Å²) in [6.07, 6.45) is 7.52. The minimum atomic E-state index is -0.700.